The van der Waals surface area contributed by atoms with Crippen molar-refractivity contribution in [1.29, 1.82) is 0 Å². The highest BCUT2D eigenvalue weighted by atomic mass is 16.5. The second-order valence-electron chi connectivity index (χ2n) is 3.45. The summed E-state index contributed by atoms with van der Waals surface area (Å²) in [4.78, 5) is 10.0. The lowest BCUT2D eigenvalue weighted by molar-refractivity contribution is -0.135. The molecule has 2 aliphatic rings. The Morgan fingerprint density at radius 3 is 2.70 bits per heavy atom. The number of carbonyl (C=O) groups excluding carboxylic acids is 1. The molecule has 0 amide bonds. The highest BCUT2D eigenvalue weighted by molar-refractivity contribution is 5.37. The van der Waals surface area contributed by atoms with Crippen molar-refractivity contribution >= 4 is 6.47 Å². The van der Waals surface area contributed by atoms with Gasteiger partial charge in [-0.05, 0) is 37.5 Å². The molecule has 0 aromatic heterocycles. The third-order valence-electron chi connectivity index (χ3n) is 2.90. The molecule has 0 aromatic rings. The Kier molecular flexibility index (Phi) is 1.40. The minimum absolute atomic E-state index is 0.274. The fourth-order valence-electron chi connectivity index (χ4n) is 2.42. The van der Waals surface area contributed by atoms with Crippen molar-refractivity contribution in [2.75, 3.05) is 0 Å². The standard InChI is InChI=1S/C8H12O2/c9-5-10-8-4-6-1-2-7(8)3-6/h5-8H,1-4H2/t6?,7?,8-/m0/s1. The molecule has 0 spiro atoms. The summed E-state index contributed by atoms with van der Waals surface area (Å²) in [6, 6.07) is 0. The first-order valence-corrected chi connectivity index (χ1v) is 3.99. The van der Waals surface area contributed by atoms with E-state index in [2.05, 4.69) is 0 Å². The quantitative estimate of drug-likeness (QED) is 0.541. The smallest absolute Gasteiger partial charge is 0.293 e. The number of hydrogen-bond donors (Lipinski definition) is 0. The van der Waals surface area contributed by atoms with E-state index in [1.807, 2.05) is 0 Å². The van der Waals surface area contributed by atoms with Crippen LogP contribution in [0.4, 0.5) is 0 Å². The third kappa shape index (κ3) is 0.825. The minimum Gasteiger partial charge on any atom is -0.464 e. The Labute approximate surface area is 60.6 Å². The van der Waals surface area contributed by atoms with Crippen molar-refractivity contribution in [3.8, 4) is 0 Å². The molecule has 2 rings (SSSR count). The molecule has 0 aliphatic heterocycles. The topological polar surface area (TPSA) is 26.3 Å². The highest BCUT2D eigenvalue weighted by Crippen LogP contribution is 2.45. The van der Waals surface area contributed by atoms with Crippen molar-refractivity contribution in [2.45, 2.75) is 31.8 Å². The molecule has 0 heterocycles. The highest BCUT2D eigenvalue weighted by Gasteiger charge is 2.40. The second-order valence-corrected chi connectivity index (χ2v) is 3.45. The predicted molar refractivity (Wildman–Crippen MR) is 36.4 cm³/mol. The van der Waals surface area contributed by atoms with Crippen LogP contribution >= 0.6 is 0 Å². The third-order valence-corrected chi connectivity index (χ3v) is 2.90. The Balaban J connectivity index is 1.95. The Morgan fingerprint density at radius 2 is 2.20 bits per heavy atom. The SMILES string of the molecule is O=CO[C@H]1CC2CCC1C2. The molecule has 2 aliphatic carbocycles. The van der Waals surface area contributed by atoms with Crippen LogP contribution < -0.4 is 0 Å². The van der Waals surface area contributed by atoms with E-state index in [1.54, 1.807) is 0 Å². The van der Waals surface area contributed by atoms with Crippen LogP contribution in [0.1, 0.15) is 25.7 Å². The Morgan fingerprint density at radius 1 is 1.30 bits per heavy atom. The van der Waals surface area contributed by atoms with Crippen LogP contribution in [-0.2, 0) is 9.53 Å². The van der Waals surface area contributed by atoms with Crippen LogP contribution in [0, 0.1) is 11.8 Å². The van der Waals surface area contributed by atoms with Gasteiger partial charge in [-0.2, -0.15) is 0 Å². The van der Waals surface area contributed by atoms with Crippen molar-refractivity contribution < 1.29 is 9.53 Å². The lowest BCUT2D eigenvalue weighted by Crippen LogP contribution is -2.19. The van der Waals surface area contributed by atoms with Gasteiger partial charge in [-0.25, -0.2) is 0 Å². The number of fused-ring (bicyclic) bond motifs is 2. The van der Waals surface area contributed by atoms with Crippen molar-refractivity contribution in [3.05, 3.63) is 0 Å². The van der Waals surface area contributed by atoms with Gasteiger partial charge in [-0.15, -0.1) is 0 Å². The van der Waals surface area contributed by atoms with Crippen LogP contribution in [0.2, 0.25) is 0 Å². The molecule has 2 saturated carbocycles. The summed E-state index contributed by atoms with van der Waals surface area (Å²) in [6.07, 6.45) is 5.35. The molecule has 3 atom stereocenters. The van der Waals surface area contributed by atoms with E-state index in [0.717, 1.165) is 12.3 Å². The first-order chi connectivity index (χ1) is 4.90. The summed E-state index contributed by atoms with van der Waals surface area (Å²) in [7, 11) is 0. The molecule has 56 valence electrons. The van der Waals surface area contributed by atoms with Gasteiger partial charge >= 0.3 is 0 Å². The van der Waals surface area contributed by atoms with Crippen molar-refractivity contribution in [1.82, 2.24) is 0 Å². The summed E-state index contributed by atoms with van der Waals surface area (Å²) in [5.41, 5.74) is 0. The van der Waals surface area contributed by atoms with Gasteiger partial charge < -0.3 is 4.74 Å². The maximum absolute atomic E-state index is 10.0. The average Bonchev–Trinajstić information content (AvgIpc) is 2.48. The number of carbonyl (C=O) groups is 1. The first kappa shape index (κ1) is 6.20. The van der Waals surface area contributed by atoms with Gasteiger partial charge in [0.2, 0.25) is 0 Å². The van der Waals surface area contributed by atoms with E-state index >= 15 is 0 Å². The second kappa shape index (κ2) is 2.26. The first-order valence-electron chi connectivity index (χ1n) is 3.99. The zero-order valence-corrected chi connectivity index (χ0v) is 5.95. The van der Waals surface area contributed by atoms with E-state index < -0.39 is 0 Å². The molecular weight excluding hydrogens is 128 g/mol. The number of ether oxygens (including phenoxy) is 1. The summed E-state index contributed by atoms with van der Waals surface area (Å²) >= 11 is 0. The fraction of sp³-hybridized carbons (Fsp3) is 0.875. The van der Waals surface area contributed by atoms with E-state index in [9.17, 15) is 4.79 Å². The Hall–Kier alpha value is -0.530. The van der Waals surface area contributed by atoms with Gasteiger partial charge in [-0.1, -0.05) is 0 Å². The molecule has 2 heteroatoms. The van der Waals surface area contributed by atoms with Gasteiger partial charge in [0, 0.05) is 0 Å². The summed E-state index contributed by atoms with van der Waals surface area (Å²) < 4.78 is 4.96. The van der Waals surface area contributed by atoms with E-state index in [0.29, 0.717) is 12.4 Å². The molecule has 0 N–H and O–H groups in total. The lowest BCUT2D eigenvalue weighted by Gasteiger charge is -2.18. The lowest BCUT2D eigenvalue weighted by atomic mass is 9.98. The van der Waals surface area contributed by atoms with Gasteiger partial charge in [-0.3, -0.25) is 4.79 Å². The van der Waals surface area contributed by atoms with Crippen LogP contribution in [0.5, 0.6) is 0 Å². The van der Waals surface area contributed by atoms with Crippen LogP contribution in [0.15, 0.2) is 0 Å². The monoisotopic (exact) mass is 140 g/mol. The normalized spacial score (nSPS) is 43.8. The molecule has 0 aromatic carbocycles. The van der Waals surface area contributed by atoms with Crippen molar-refractivity contribution in [2.24, 2.45) is 11.8 Å². The molecule has 0 radical (unpaired) electrons. The molecule has 2 fully saturated rings. The molecule has 0 saturated heterocycles. The fourth-order valence-corrected chi connectivity index (χ4v) is 2.42. The maximum atomic E-state index is 10.0. The summed E-state index contributed by atoms with van der Waals surface area (Å²) in [6.45, 7) is 0.603. The predicted octanol–water partition coefficient (Wildman–Crippen LogP) is 1.35. The zero-order valence-electron chi connectivity index (χ0n) is 5.95. The van der Waals surface area contributed by atoms with Gasteiger partial charge in [0.05, 0.1) is 0 Å². The van der Waals surface area contributed by atoms with Crippen LogP contribution in [0.25, 0.3) is 0 Å². The largest absolute Gasteiger partial charge is 0.464 e. The molecule has 2 unspecified atom stereocenters. The van der Waals surface area contributed by atoms with E-state index in [4.69, 9.17) is 4.74 Å². The van der Waals surface area contributed by atoms with E-state index in [1.165, 1.54) is 19.3 Å². The van der Waals surface area contributed by atoms with Crippen LogP contribution in [-0.4, -0.2) is 12.6 Å². The van der Waals surface area contributed by atoms with Gasteiger partial charge in [0.1, 0.15) is 6.10 Å². The van der Waals surface area contributed by atoms with E-state index in [-0.39, 0.29) is 6.10 Å². The Bertz CT molecular complexity index is 144. The zero-order chi connectivity index (χ0) is 6.97. The van der Waals surface area contributed by atoms with Crippen LogP contribution in [0.3, 0.4) is 0 Å². The summed E-state index contributed by atoms with van der Waals surface area (Å²) in [5.74, 6) is 1.57. The number of rotatable bonds is 2. The molecule has 2 bridgehead atoms. The molecular formula is C8H12O2. The van der Waals surface area contributed by atoms with Crippen molar-refractivity contribution in [3.63, 3.8) is 0 Å². The summed E-state index contributed by atoms with van der Waals surface area (Å²) in [5, 5.41) is 0. The average molecular weight is 140 g/mol. The van der Waals surface area contributed by atoms with Gasteiger partial charge in [0.25, 0.3) is 6.47 Å². The molecule has 2 nitrogen and oxygen atoms in total. The maximum Gasteiger partial charge on any atom is 0.293 e. The molecule has 10 heavy (non-hydrogen) atoms. The minimum atomic E-state index is 0.274. The number of hydrogen-bond acceptors (Lipinski definition) is 2. The van der Waals surface area contributed by atoms with Gasteiger partial charge in [0.15, 0.2) is 0 Å².